The van der Waals surface area contributed by atoms with Crippen LogP contribution in [0.5, 0.6) is 6.01 Å². The zero-order valence-electron chi connectivity index (χ0n) is 26.1. The van der Waals surface area contributed by atoms with Crippen LogP contribution in [-0.2, 0) is 9.59 Å². The first kappa shape index (κ1) is 32.4. The number of fused-ring (bicyclic) bond motifs is 3. The van der Waals surface area contributed by atoms with Crippen LogP contribution in [0, 0.1) is 34.8 Å². The van der Waals surface area contributed by atoms with Crippen LogP contribution in [0.1, 0.15) is 38.2 Å². The highest BCUT2D eigenvalue weighted by atomic mass is 35.5. The molecule has 3 N–H and O–H groups in total. The number of rotatable bonds is 8. The molecule has 2 aromatic carbocycles. The van der Waals surface area contributed by atoms with E-state index >= 15 is 4.39 Å². The zero-order chi connectivity index (χ0) is 34.1. The van der Waals surface area contributed by atoms with Crippen molar-refractivity contribution in [2.45, 2.75) is 44.3 Å². The van der Waals surface area contributed by atoms with Gasteiger partial charge in [0.15, 0.2) is 5.82 Å². The number of imide groups is 1. The lowest BCUT2D eigenvalue weighted by Crippen LogP contribution is -2.43. The number of nitriles is 1. The van der Waals surface area contributed by atoms with Gasteiger partial charge in [-0.15, -0.1) is 11.3 Å². The van der Waals surface area contributed by atoms with Crippen molar-refractivity contribution in [1.82, 2.24) is 19.8 Å². The van der Waals surface area contributed by atoms with Crippen molar-refractivity contribution in [2.75, 3.05) is 44.3 Å². The van der Waals surface area contributed by atoms with Crippen molar-refractivity contribution >= 4 is 66.6 Å². The third-order valence-corrected chi connectivity index (χ3v) is 11.2. The number of nitrogen functional groups attached to an aromatic ring is 1. The lowest BCUT2D eigenvalue weighted by molar-refractivity contribution is -0.142. The zero-order valence-corrected chi connectivity index (χ0v) is 27.7. The quantitative estimate of drug-likeness (QED) is 0.230. The van der Waals surface area contributed by atoms with Gasteiger partial charge in [-0.05, 0) is 49.4 Å². The van der Waals surface area contributed by atoms with E-state index in [1.807, 2.05) is 6.07 Å². The fourth-order valence-electron chi connectivity index (χ4n) is 7.18. The minimum atomic E-state index is -0.973. The molecule has 15 heteroatoms. The van der Waals surface area contributed by atoms with E-state index in [0.29, 0.717) is 19.4 Å². The van der Waals surface area contributed by atoms with Gasteiger partial charge in [0.2, 0.25) is 11.8 Å². The molecule has 4 aromatic rings. The number of benzene rings is 2. The van der Waals surface area contributed by atoms with Gasteiger partial charge in [-0.1, -0.05) is 17.7 Å². The number of nitrogens with one attached hydrogen (secondary N) is 1. The number of carbonyl (C=O) groups excluding carboxylic acids is 2. The van der Waals surface area contributed by atoms with Gasteiger partial charge >= 0.3 is 6.01 Å². The number of aromatic nitrogens is 2. The van der Waals surface area contributed by atoms with Crippen LogP contribution in [0.15, 0.2) is 18.2 Å². The van der Waals surface area contributed by atoms with E-state index < -0.39 is 23.3 Å². The molecule has 2 amide bonds. The van der Waals surface area contributed by atoms with Crippen molar-refractivity contribution in [3.8, 4) is 23.2 Å². The van der Waals surface area contributed by atoms with Gasteiger partial charge in [0.05, 0.1) is 20.8 Å². The molecule has 0 bridgehead atoms. The molecule has 2 saturated heterocycles. The number of carbonyl (C=O) groups is 2. The predicted molar refractivity (Wildman–Crippen MR) is 176 cm³/mol. The summed E-state index contributed by atoms with van der Waals surface area (Å²) in [5.74, 6) is -2.32. The molecule has 2 aromatic heterocycles. The minimum Gasteiger partial charge on any atom is -0.461 e. The fourth-order valence-corrected chi connectivity index (χ4v) is 8.43. The molecule has 0 unspecified atom stereocenters. The van der Waals surface area contributed by atoms with E-state index in [0.717, 1.165) is 35.6 Å². The molecule has 4 heterocycles. The number of hydrogen-bond donors (Lipinski definition) is 2. The number of halogens is 4. The number of alkyl halides is 1. The summed E-state index contributed by atoms with van der Waals surface area (Å²) >= 11 is 7.63. The monoisotopic (exact) mass is 697 g/mol. The van der Waals surface area contributed by atoms with Crippen molar-refractivity contribution in [2.24, 2.45) is 11.8 Å². The molecule has 48 heavy (non-hydrogen) atoms. The summed E-state index contributed by atoms with van der Waals surface area (Å²) in [4.78, 5) is 36.5. The average molecular weight is 698 g/mol. The second kappa shape index (κ2) is 12.0. The maximum absolute atomic E-state index is 16.8. The average Bonchev–Trinajstić information content (AvgIpc) is 3.45. The molecular weight excluding hydrogens is 667 g/mol. The van der Waals surface area contributed by atoms with Gasteiger partial charge in [0, 0.05) is 55.7 Å². The molecule has 1 saturated carbocycles. The highest BCUT2D eigenvalue weighted by Gasteiger charge is 2.49. The highest BCUT2D eigenvalue weighted by Crippen LogP contribution is 2.46. The van der Waals surface area contributed by atoms with Gasteiger partial charge < -0.3 is 15.8 Å². The number of hydrogen-bond acceptors (Lipinski definition) is 10. The number of anilines is 2. The molecule has 7 rings (SSSR count). The van der Waals surface area contributed by atoms with Gasteiger partial charge in [-0.25, -0.2) is 13.2 Å². The summed E-state index contributed by atoms with van der Waals surface area (Å²) in [6.45, 7) is 2.80. The second-order valence-corrected chi connectivity index (χ2v) is 14.3. The van der Waals surface area contributed by atoms with Crippen molar-refractivity contribution in [3.05, 3.63) is 40.4 Å². The number of nitrogens with two attached hydrogens (primary N) is 1. The number of ether oxygens (including phenoxy) is 1. The van der Waals surface area contributed by atoms with E-state index in [2.05, 4.69) is 20.2 Å². The van der Waals surface area contributed by atoms with Crippen LogP contribution in [0.25, 0.3) is 32.1 Å². The Balaban J connectivity index is 1.29. The lowest BCUT2D eigenvalue weighted by atomic mass is 9.95. The van der Waals surface area contributed by atoms with Crippen molar-refractivity contribution < 1.29 is 27.5 Å². The van der Waals surface area contributed by atoms with Gasteiger partial charge in [0.1, 0.15) is 41.0 Å². The van der Waals surface area contributed by atoms with Gasteiger partial charge in [-0.3, -0.25) is 19.4 Å². The van der Waals surface area contributed by atoms with E-state index in [1.165, 1.54) is 32.2 Å². The Bertz CT molecular complexity index is 2050. The van der Waals surface area contributed by atoms with Crippen LogP contribution >= 0.6 is 22.9 Å². The van der Waals surface area contributed by atoms with Gasteiger partial charge in [-0.2, -0.15) is 15.2 Å². The molecule has 4 atom stereocenters. The van der Waals surface area contributed by atoms with Crippen LogP contribution in [0.3, 0.4) is 0 Å². The first-order chi connectivity index (χ1) is 22.9. The standard InChI is InChI=1S/C33H31ClF3N7O3S/c1-15(45)43(2)31(46)19-8-16(19)12-40-30-20-9-22(34)25(18-4-5-23(36)28-24(18)21(11-38)29(39)48-28)26(37)27(20)41-32(42-30)47-14-33-6-3-7-44(33)13-17(35)10-33/h4-5,9,16-17,19H,3,6-8,10,12-14,39H2,1-2H3,(H,40,41,42)/t16-,17+,19+,33-/m0/s1. The Morgan fingerprint density at radius 1 is 1.33 bits per heavy atom. The smallest absolute Gasteiger partial charge is 0.319 e. The summed E-state index contributed by atoms with van der Waals surface area (Å²) in [7, 11) is 1.44. The maximum Gasteiger partial charge on any atom is 0.319 e. The molecule has 10 nitrogen and oxygen atoms in total. The van der Waals surface area contributed by atoms with Crippen molar-refractivity contribution in [3.63, 3.8) is 0 Å². The molecule has 3 aliphatic rings. The van der Waals surface area contributed by atoms with Crippen LogP contribution < -0.4 is 15.8 Å². The molecule has 250 valence electrons. The largest absolute Gasteiger partial charge is 0.461 e. The van der Waals surface area contributed by atoms with E-state index in [4.69, 9.17) is 22.1 Å². The Kier molecular flexibility index (Phi) is 8.12. The third-order valence-electron chi connectivity index (χ3n) is 9.87. The van der Waals surface area contributed by atoms with E-state index in [1.54, 1.807) is 0 Å². The minimum absolute atomic E-state index is 0.0150. The molecule has 2 aliphatic heterocycles. The first-order valence-electron chi connectivity index (χ1n) is 15.6. The Morgan fingerprint density at radius 2 is 2.12 bits per heavy atom. The van der Waals surface area contributed by atoms with Gasteiger partial charge in [0.25, 0.3) is 0 Å². The first-order valence-corrected chi connectivity index (χ1v) is 16.8. The summed E-state index contributed by atoms with van der Waals surface area (Å²) < 4.78 is 52.3. The normalized spacial score (nSPS) is 23.3. The lowest BCUT2D eigenvalue weighted by Gasteiger charge is -2.30. The highest BCUT2D eigenvalue weighted by molar-refractivity contribution is 7.23. The molecule has 1 aliphatic carbocycles. The Morgan fingerprint density at radius 3 is 2.88 bits per heavy atom. The summed E-state index contributed by atoms with van der Waals surface area (Å²) in [6, 6.07) is 5.86. The number of amides is 2. The Labute approximate surface area is 282 Å². The van der Waals surface area contributed by atoms with E-state index in [9.17, 15) is 23.6 Å². The Hall–Kier alpha value is -4.19. The van der Waals surface area contributed by atoms with Crippen LogP contribution in [0.4, 0.5) is 24.0 Å². The molecule has 3 fully saturated rings. The SMILES string of the molecule is CC(=O)N(C)C(=O)[C@@H]1C[C@H]1CNc1nc(OC[C@@]23CCCN2C[C@H](F)C3)nc2c(F)c(-c3ccc(F)c4sc(N)c(C#N)c34)c(Cl)cc12. The summed E-state index contributed by atoms with van der Waals surface area (Å²) in [5.41, 5.74) is 5.46. The summed E-state index contributed by atoms with van der Waals surface area (Å²) in [5, 5.41) is 13.4. The summed E-state index contributed by atoms with van der Waals surface area (Å²) in [6.07, 6.45) is 1.55. The fraction of sp³-hybridized carbons (Fsp3) is 0.424. The second-order valence-electron chi connectivity index (χ2n) is 12.8. The third kappa shape index (κ3) is 5.38. The van der Waals surface area contributed by atoms with E-state index in [-0.39, 0.29) is 96.3 Å². The van der Waals surface area contributed by atoms with Crippen LogP contribution in [0.2, 0.25) is 5.02 Å². The van der Waals surface area contributed by atoms with Crippen molar-refractivity contribution in [1.29, 1.82) is 5.26 Å². The topological polar surface area (TPSA) is 137 Å². The molecular formula is C33H31ClF3N7O3S. The number of nitrogens with zero attached hydrogens (tertiary/aromatic N) is 5. The molecule has 0 radical (unpaired) electrons. The molecule has 0 spiro atoms. The number of thiophene rings is 1. The maximum atomic E-state index is 16.8. The van der Waals surface area contributed by atoms with Crippen LogP contribution in [-0.4, -0.2) is 76.6 Å². The predicted octanol–water partition coefficient (Wildman–Crippen LogP) is 5.91.